The molecular formula is C13H13F3N3O4S+. The number of hydrogen-bond donors (Lipinski definition) is 2. The van der Waals surface area contributed by atoms with Crippen LogP contribution >= 0.6 is 11.8 Å². The van der Waals surface area contributed by atoms with Gasteiger partial charge < -0.3 is 10.1 Å². The zero-order chi connectivity index (χ0) is 17.9. The maximum Gasteiger partial charge on any atom is 0.573 e. The van der Waals surface area contributed by atoms with E-state index < -0.39 is 28.9 Å². The molecule has 1 aromatic carbocycles. The van der Waals surface area contributed by atoms with Gasteiger partial charge in [0, 0.05) is 0 Å². The summed E-state index contributed by atoms with van der Waals surface area (Å²) in [6.45, 7) is 1.50. The van der Waals surface area contributed by atoms with Crippen molar-refractivity contribution in [2.75, 3.05) is 5.32 Å². The SMILES string of the molecule is CC(Sc1c(=O)o[nH][n+]1C)C(=O)Nc1ccccc1OC(F)(F)F. The van der Waals surface area contributed by atoms with E-state index in [1.54, 1.807) is 0 Å². The molecular weight excluding hydrogens is 351 g/mol. The highest BCUT2D eigenvalue weighted by atomic mass is 32.2. The van der Waals surface area contributed by atoms with Crippen molar-refractivity contribution < 1.29 is 31.9 Å². The molecule has 0 aliphatic carbocycles. The Labute approximate surface area is 137 Å². The third-order valence-corrected chi connectivity index (χ3v) is 4.01. The minimum Gasteiger partial charge on any atom is -0.404 e. The maximum atomic E-state index is 12.4. The van der Waals surface area contributed by atoms with Gasteiger partial charge in [0.05, 0.1) is 10.9 Å². The van der Waals surface area contributed by atoms with Crippen LogP contribution in [0.4, 0.5) is 18.9 Å². The minimum atomic E-state index is -4.88. The number of carbonyl (C=O) groups excluding carboxylic acids is 1. The summed E-state index contributed by atoms with van der Waals surface area (Å²) in [6, 6.07) is 5.17. The number of hydrogen-bond acceptors (Lipinski definition) is 5. The van der Waals surface area contributed by atoms with Crippen molar-refractivity contribution in [3.05, 3.63) is 34.7 Å². The third kappa shape index (κ3) is 4.54. The molecule has 2 aromatic rings. The van der Waals surface area contributed by atoms with E-state index in [9.17, 15) is 22.8 Å². The van der Waals surface area contributed by atoms with Crippen LogP contribution in [0.5, 0.6) is 5.75 Å². The number of anilines is 1. The third-order valence-electron chi connectivity index (χ3n) is 2.78. The first kappa shape index (κ1) is 17.9. The predicted molar refractivity (Wildman–Crippen MR) is 77.6 cm³/mol. The van der Waals surface area contributed by atoms with Gasteiger partial charge in [-0.3, -0.25) is 9.32 Å². The lowest BCUT2D eigenvalue weighted by molar-refractivity contribution is -0.772. The molecule has 1 unspecified atom stereocenters. The van der Waals surface area contributed by atoms with E-state index in [1.165, 1.54) is 36.9 Å². The largest absolute Gasteiger partial charge is 0.573 e. The summed E-state index contributed by atoms with van der Waals surface area (Å²) in [5, 5.41) is 4.03. The first-order valence-corrected chi connectivity index (χ1v) is 7.45. The number of amides is 1. The van der Waals surface area contributed by atoms with Crippen molar-refractivity contribution >= 4 is 23.4 Å². The minimum absolute atomic E-state index is 0.127. The van der Waals surface area contributed by atoms with Gasteiger partial charge >= 0.3 is 17.0 Å². The number of nitrogens with zero attached hydrogens (tertiary/aromatic N) is 1. The van der Waals surface area contributed by atoms with Crippen LogP contribution < -0.4 is 20.4 Å². The summed E-state index contributed by atoms with van der Waals surface area (Å²) in [4.78, 5) is 23.6. The fourth-order valence-corrected chi connectivity index (χ4v) is 2.53. The van der Waals surface area contributed by atoms with Crippen LogP contribution in [0, 0.1) is 0 Å². The monoisotopic (exact) mass is 364 g/mol. The molecule has 0 saturated carbocycles. The number of benzene rings is 1. The highest BCUT2D eigenvalue weighted by Gasteiger charge is 2.32. The lowest BCUT2D eigenvalue weighted by atomic mass is 10.3. The van der Waals surface area contributed by atoms with Crippen LogP contribution in [0.3, 0.4) is 0 Å². The average molecular weight is 364 g/mol. The van der Waals surface area contributed by atoms with Gasteiger partial charge in [-0.1, -0.05) is 16.8 Å². The Morgan fingerprint density at radius 2 is 2.08 bits per heavy atom. The van der Waals surface area contributed by atoms with Crippen LogP contribution in [0.25, 0.3) is 0 Å². The van der Waals surface area contributed by atoms with Crippen molar-refractivity contribution in [2.45, 2.75) is 23.6 Å². The van der Waals surface area contributed by atoms with Crippen molar-refractivity contribution in [1.82, 2.24) is 5.27 Å². The molecule has 1 aromatic heterocycles. The van der Waals surface area contributed by atoms with Gasteiger partial charge in [-0.25, -0.2) is 4.79 Å². The summed E-state index contributed by atoms with van der Waals surface area (Å²) in [5.74, 6) is -1.12. The molecule has 0 radical (unpaired) electrons. The van der Waals surface area contributed by atoms with Gasteiger partial charge in [-0.15, -0.1) is 13.2 Å². The van der Waals surface area contributed by atoms with Crippen LogP contribution in [0.1, 0.15) is 6.92 Å². The van der Waals surface area contributed by atoms with Crippen molar-refractivity contribution in [3.63, 3.8) is 0 Å². The summed E-state index contributed by atoms with van der Waals surface area (Å²) < 4.78 is 46.8. The Balaban J connectivity index is 2.11. The zero-order valence-corrected chi connectivity index (χ0v) is 13.3. The van der Waals surface area contributed by atoms with Crippen molar-refractivity contribution in [1.29, 1.82) is 0 Å². The maximum absolute atomic E-state index is 12.4. The van der Waals surface area contributed by atoms with E-state index in [-0.39, 0.29) is 10.7 Å². The number of H-pyrrole nitrogens is 1. The highest BCUT2D eigenvalue weighted by Crippen LogP contribution is 2.30. The molecule has 24 heavy (non-hydrogen) atoms. The average Bonchev–Trinajstić information content (AvgIpc) is 2.79. The standard InChI is InChI=1S/C13H12F3N3O4S/c1-7(24-11-12(21)23-18-19(11)2)10(20)17-8-5-3-4-6-9(8)22-13(14,15)16/h3-7H,1-2H3,(H-,17,18,20,21)/p+1. The molecule has 2 N–H and O–H groups in total. The Hall–Kier alpha value is -2.43. The normalized spacial score (nSPS) is 12.7. The first-order valence-electron chi connectivity index (χ1n) is 6.57. The van der Waals surface area contributed by atoms with Crippen LogP contribution in [-0.2, 0) is 11.8 Å². The van der Waals surface area contributed by atoms with Gasteiger partial charge in [0.2, 0.25) is 5.91 Å². The number of alkyl halides is 3. The van der Waals surface area contributed by atoms with E-state index in [0.29, 0.717) is 0 Å². The van der Waals surface area contributed by atoms with Gasteiger partial charge in [0.1, 0.15) is 0 Å². The fraction of sp³-hybridized carbons (Fsp3) is 0.308. The summed E-state index contributed by atoms with van der Waals surface area (Å²) >= 11 is 0.900. The van der Waals surface area contributed by atoms with Gasteiger partial charge in [0.25, 0.3) is 0 Å². The second-order valence-electron chi connectivity index (χ2n) is 4.64. The summed E-state index contributed by atoms with van der Waals surface area (Å²) in [5.41, 5.74) is -0.777. The number of ether oxygens (including phenoxy) is 1. The van der Waals surface area contributed by atoms with E-state index in [1.807, 2.05) is 0 Å². The lowest BCUT2D eigenvalue weighted by Crippen LogP contribution is -2.35. The van der Waals surface area contributed by atoms with Crippen molar-refractivity contribution in [2.24, 2.45) is 7.05 Å². The number of aryl methyl sites for hydroxylation is 1. The molecule has 0 aliphatic rings. The lowest BCUT2D eigenvalue weighted by Gasteiger charge is -2.15. The Morgan fingerprint density at radius 3 is 2.67 bits per heavy atom. The van der Waals surface area contributed by atoms with Crippen molar-refractivity contribution in [3.8, 4) is 5.75 Å². The second-order valence-corrected chi connectivity index (χ2v) is 5.97. The number of rotatable bonds is 5. The number of nitrogens with one attached hydrogen (secondary N) is 2. The molecule has 2 rings (SSSR count). The number of halogens is 3. The first-order chi connectivity index (χ1) is 11.2. The molecule has 0 spiro atoms. The molecule has 1 heterocycles. The molecule has 0 fully saturated rings. The predicted octanol–water partition coefficient (Wildman–Crippen LogP) is 1.81. The van der Waals surface area contributed by atoms with E-state index >= 15 is 0 Å². The quantitative estimate of drug-likeness (QED) is 0.624. The molecule has 130 valence electrons. The van der Waals surface area contributed by atoms with Gasteiger partial charge in [0.15, 0.2) is 12.8 Å². The summed E-state index contributed by atoms with van der Waals surface area (Å²) in [6.07, 6.45) is -4.88. The molecule has 0 saturated heterocycles. The van der Waals surface area contributed by atoms with E-state index in [4.69, 9.17) is 0 Å². The smallest absolute Gasteiger partial charge is 0.404 e. The number of aromatic amines is 1. The molecule has 0 bridgehead atoms. The Bertz CT molecular complexity index is 787. The second kappa shape index (κ2) is 6.99. The highest BCUT2D eigenvalue weighted by molar-refractivity contribution is 8.00. The summed E-state index contributed by atoms with van der Waals surface area (Å²) in [7, 11) is 1.52. The number of aromatic nitrogens is 2. The van der Waals surface area contributed by atoms with E-state index in [0.717, 1.165) is 17.8 Å². The Morgan fingerprint density at radius 1 is 1.42 bits per heavy atom. The zero-order valence-electron chi connectivity index (χ0n) is 12.5. The van der Waals surface area contributed by atoms with Gasteiger partial charge in [-0.2, -0.15) is 0 Å². The fourth-order valence-electron chi connectivity index (χ4n) is 1.70. The molecule has 1 amide bonds. The molecule has 0 aliphatic heterocycles. The number of carbonyl (C=O) groups is 1. The molecule has 1 atom stereocenters. The Kier molecular flexibility index (Phi) is 5.22. The van der Waals surface area contributed by atoms with E-state index in [2.05, 4.69) is 19.8 Å². The molecule has 11 heteroatoms. The van der Waals surface area contributed by atoms with Gasteiger partial charge in [-0.05, 0) is 36.1 Å². The molecule has 7 nitrogen and oxygen atoms in total. The van der Waals surface area contributed by atoms with Crippen LogP contribution in [-0.4, -0.2) is 22.8 Å². The number of para-hydroxylation sites is 2. The van der Waals surface area contributed by atoms with Crippen LogP contribution in [0.2, 0.25) is 0 Å². The van der Waals surface area contributed by atoms with Crippen LogP contribution in [0.15, 0.2) is 38.6 Å². The number of thioether (sulfide) groups is 1. The topological polar surface area (TPSA) is 88.2 Å².